The highest BCUT2D eigenvalue weighted by molar-refractivity contribution is 7.09. The molecule has 0 spiro atoms. The molecule has 0 radical (unpaired) electrons. The van der Waals surface area contributed by atoms with E-state index in [1.807, 2.05) is 11.3 Å². The van der Waals surface area contributed by atoms with Crippen LogP contribution in [0.5, 0.6) is 0 Å². The van der Waals surface area contributed by atoms with Gasteiger partial charge in [0.15, 0.2) is 0 Å². The Morgan fingerprint density at radius 1 is 1.28 bits per heavy atom. The summed E-state index contributed by atoms with van der Waals surface area (Å²) >= 11 is 8.07. The smallest absolute Gasteiger partial charge is 0.0934 e. The van der Waals surface area contributed by atoms with Crippen molar-refractivity contribution in [3.05, 3.63) is 16.1 Å². The monoisotopic (exact) mass is 285 g/mol. The highest BCUT2D eigenvalue weighted by atomic mass is 35.5. The minimum atomic E-state index is 0.162. The summed E-state index contributed by atoms with van der Waals surface area (Å²) in [5.41, 5.74) is 1.71. The third kappa shape index (κ3) is 3.27. The molecule has 1 aromatic rings. The number of rotatable bonds is 3. The van der Waals surface area contributed by atoms with Gasteiger partial charge < -0.3 is 0 Å². The Hall–Kier alpha value is -0.0800. The lowest BCUT2D eigenvalue weighted by molar-refractivity contribution is 0.219. The summed E-state index contributed by atoms with van der Waals surface area (Å²) in [4.78, 5) is 4.83. The molecule has 0 N–H and O–H groups in total. The maximum absolute atomic E-state index is 6.26. The number of thiazole rings is 1. The molecule has 1 aromatic heterocycles. The van der Waals surface area contributed by atoms with Crippen LogP contribution in [0.4, 0.5) is 0 Å². The van der Waals surface area contributed by atoms with E-state index in [1.165, 1.54) is 42.8 Å². The Kier molecular flexibility index (Phi) is 4.38. The van der Waals surface area contributed by atoms with Crippen LogP contribution in [-0.2, 0) is 11.8 Å². The predicted octanol–water partition coefficient (Wildman–Crippen LogP) is 5.17. The van der Waals surface area contributed by atoms with Crippen molar-refractivity contribution in [2.75, 3.05) is 5.88 Å². The highest BCUT2D eigenvalue weighted by Gasteiger charge is 2.32. The average Bonchev–Trinajstić information content (AvgIpc) is 2.78. The Morgan fingerprint density at radius 3 is 2.44 bits per heavy atom. The van der Waals surface area contributed by atoms with Crippen LogP contribution in [0.15, 0.2) is 5.38 Å². The molecule has 1 aliphatic rings. The summed E-state index contributed by atoms with van der Waals surface area (Å²) in [6, 6.07) is 0. The summed E-state index contributed by atoms with van der Waals surface area (Å²) in [6.07, 6.45) is 7.69. The molecule has 0 aromatic carbocycles. The van der Waals surface area contributed by atoms with Gasteiger partial charge in [0.25, 0.3) is 0 Å². The first-order chi connectivity index (χ1) is 8.45. The van der Waals surface area contributed by atoms with Gasteiger partial charge in [0.2, 0.25) is 0 Å². The van der Waals surface area contributed by atoms with E-state index < -0.39 is 0 Å². The topological polar surface area (TPSA) is 12.9 Å². The van der Waals surface area contributed by atoms with Crippen LogP contribution in [-0.4, -0.2) is 10.9 Å². The molecule has 1 heterocycles. The summed E-state index contributed by atoms with van der Waals surface area (Å²) in [6.45, 7) is 6.68. The van der Waals surface area contributed by atoms with E-state index in [4.69, 9.17) is 16.6 Å². The molecule has 1 saturated carbocycles. The van der Waals surface area contributed by atoms with E-state index in [9.17, 15) is 0 Å². The van der Waals surface area contributed by atoms with Gasteiger partial charge in [0, 0.05) is 23.1 Å². The van der Waals surface area contributed by atoms with Gasteiger partial charge in [-0.25, -0.2) is 4.98 Å². The van der Waals surface area contributed by atoms with E-state index >= 15 is 0 Å². The number of aromatic nitrogens is 1. The third-order valence-corrected chi connectivity index (χ3v) is 5.46. The second-order valence-corrected chi connectivity index (χ2v) is 7.96. The summed E-state index contributed by atoms with van der Waals surface area (Å²) in [5.74, 6) is 0.789. The SMILES string of the molecule is CC(C)(C)c1csc(CC2(CCl)CCCCC2)n1. The van der Waals surface area contributed by atoms with Gasteiger partial charge in [-0.15, -0.1) is 22.9 Å². The fourth-order valence-electron chi connectivity index (χ4n) is 2.72. The molecule has 0 amide bonds. The van der Waals surface area contributed by atoms with Crippen molar-refractivity contribution in [3.63, 3.8) is 0 Å². The van der Waals surface area contributed by atoms with Gasteiger partial charge in [-0.2, -0.15) is 0 Å². The van der Waals surface area contributed by atoms with Gasteiger partial charge in [0.1, 0.15) is 0 Å². The fourth-order valence-corrected chi connectivity index (χ4v) is 4.27. The minimum Gasteiger partial charge on any atom is -0.246 e. The zero-order valence-electron chi connectivity index (χ0n) is 11.8. The lowest BCUT2D eigenvalue weighted by atomic mass is 9.73. The number of hydrogen-bond donors (Lipinski definition) is 0. The van der Waals surface area contributed by atoms with Crippen molar-refractivity contribution >= 4 is 22.9 Å². The molecule has 0 bridgehead atoms. The predicted molar refractivity (Wildman–Crippen MR) is 80.8 cm³/mol. The van der Waals surface area contributed by atoms with Crippen molar-refractivity contribution in [1.29, 1.82) is 0 Å². The van der Waals surface area contributed by atoms with E-state index in [0.29, 0.717) is 5.41 Å². The molecule has 102 valence electrons. The molecular formula is C15H24ClNS. The fraction of sp³-hybridized carbons (Fsp3) is 0.800. The Morgan fingerprint density at radius 2 is 1.94 bits per heavy atom. The third-order valence-electron chi connectivity index (χ3n) is 4.04. The van der Waals surface area contributed by atoms with E-state index in [-0.39, 0.29) is 5.41 Å². The van der Waals surface area contributed by atoms with Gasteiger partial charge in [-0.3, -0.25) is 0 Å². The Balaban J connectivity index is 2.10. The van der Waals surface area contributed by atoms with Gasteiger partial charge in [-0.1, -0.05) is 40.0 Å². The minimum absolute atomic E-state index is 0.162. The maximum atomic E-state index is 6.26. The standard InChI is InChI=1S/C15H24ClNS/c1-14(2,3)12-10-18-13(17-12)9-15(11-16)7-5-4-6-8-15/h10H,4-9,11H2,1-3H3. The number of hydrogen-bond acceptors (Lipinski definition) is 2. The molecule has 0 atom stereocenters. The maximum Gasteiger partial charge on any atom is 0.0934 e. The van der Waals surface area contributed by atoms with Gasteiger partial charge >= 0.3 is 0 Å². The lowest BCUT2D eigenvalue weighted by Gasteiger charge is -2.34. The molecule has 0 unspecified atom stereocenters. The van der Waals surface area contributed by atoms with Gasteiger partial charge in [0.05, 0.1) is 10.7 Å². The molecular weight excluding hydrogens is 262 g/mol. The number of alkyl halides is 1. The first-order valence-electron chi connectivity index (χ1n) is 6.96. The normalized spacial score (nSPS) is 20.0. The molecule has 2 rings (SSSR count). The second-order valence-electron chi connectivity index (χ2n) is 6.75. The van der Waals surface area contributed by atoms with E-state index in [1.54, 1.807) is 0 Å². The van der Waals surface area contributed by atoms with Crippen molar-refractivity contribution < 1.29 is 0 Å². The molecule has 1 aliphatic carbocycles. The molecule has 1 nitrogen and oxygen atoms in total. The zero-order valence-corrected chi connectivity index (χ0v) is 13.3. The summed E-state index contributed by atoms with van der Waals surface area (Å²) in [7, 11) is 0. The molecule has 18 heavy (non-hydrogen) atoms. The summed E-state index contributed by atoms with van der Waals surface area (Å²) in [5, 5.41) is 3.50. The first kappa shape index (κ1) is 14.3. The highest BCUT2D eigenvalue weighted by Crippen LogP contribution is 2.41. The van der Waals surface area contributed by atoms with Crippen LogP contribution >= 0.6 is 22.9 Å². The lowest BCUT2D eigenvalue weighted by Crippen LogP contribution is -2.28. The van der Waals surface area contributed by atoms with Gasteiger partial charge in [-0.05, 0) is 18.3 Å². The Bertz CT molecular complexity index is 385. The molecule has 0 saturated heterocycles. The first-order valence-corrected chi connectivity index (χ1v) is 8.37. The van der Waals surface area contributed by atoms with Crippen LogP contribution in [0.25, 0.3) is 0 Å². The van der Waals surface area contributed by atoms with Crippen molar-refractivity contribution in [2.24, 2.45) is 5.41 Å². The molecule has 3 heteroatoms. The quantitative estimate of drug-likeness (QED) is 0.698. The van der Waals surface area contributed by atoms with Crippen LogP contribution in [0.2, 0.25) is 0 Å². The number of nitrogens with zero attached hydrogens (tertiary/aromatic N) is 1. The van der Waals surface area contributed by atoms with Crippen LogP contribution in [0, 0.1) is 5.41 Å². The van der Waals surface area contributed by atoms with Crippen molar-refractivity contribution in [3.8, 4) is 0 Å². The largest absolute Gasteiger partial charge is 0.246 e. The second kappa shape index (κ2) is 5.50. The van der Waals surface area contributed by atoms with Crippen molar-refractivity contribution in [2.45, 2.75) is 64.7 Å². The van der Waals surface area contributed by atoms with Crippen LogP contribution in [0.3, 0.4) is 0 Å². The van der Waals surface area contributed by atoms with Crippen LogP contribution < -0.4 is 0 Å². The number of halogens is 1. The molecule has 0 aliphatic heterocycles. The average molecular weight is 286 g/mol. The zero-order chi connectivity index (χ0) is 13.2. The van der Waals surface area contributed by atoms with Crippen molar-refractivity contribution in [1.82, 2.24) is 4.98 Å². The summed E-state index contributed by atoms with van der Waals surface area (Å²) < 4.78 is 0. The van der Waals surface area contributed by atoms with E-state index in [0.717, 1.165) is 12.3 Å². The van der Waals surface area contributed by atoms with E-state index in [2.05, 4.69) is 26.2 Å². The van der Waals surface area contributed by atoms with Crippen LogP contribution in [0.1, 0.15) is 63.6 Å². The Labute approximate surface area is 120 Å². The molecule has 1 fully saturated rings.